The van der Waals surface area contributed by atoms with Gasteiger partial charge in [-0.3, -0.25) is 9.59 Å². The molecule has 2 aromatic carbocycles. The quantitative estimate of drug-likeness (QED) is 0.501. The van der Waals surface area contributed by atoms with Crippen LogP contribution in [-0.2, 0) is 22.6 Å². The molecule has 7 heteroatoms. The molecule has 0 aliphatic rings. The average Bonchev–Trinajstić information content (AvgIpc) is 2.81. The Bertz CT molecular complexity index is 886. The molecule has 1 atom stereocenters. The zero-order valence-corrected chi connectivity index (χ0v) is 19.3. The van der Waals surface area contributed by atoms with Crippen LogP contribution in [0.4, 0.5) is 4.39 Å². The molecule has 0 aliphatic heterocycles. The average molecular weight is 445 g/mol. The number of benzene rings is 2. The molecule has 0 unspecified atom stereocenters. The third-order valence-corrected chi connectivity index (χ3v) is 5.34. The molecule has 0 aromatic heterocycles. The van der Waals surface area contributed by atoms with Gasteiger partial charge >= 0.3 is 0 Å². The normalized spacial score (nSPS) is 11.5. The van der Waals surface area contributed by atoms with Crippen LogP contribution in [0.2, 0.25) is 0 Å². The highest BCUT2D eigenvalue weighted by atomic mass is 19.1. The van der Waals surface area contributed by atoms with Gasteiger partial charge in [0.05, 0.1) is 14.2 Å². The van der Waals surface area contributed by atoms with E-state index in [1.165, 1.54) is 12.1 Å². The fourth-order valence-electron chi connectivity index (χ4n) is 3.34. The lowest BCUT2D eigenvalue weighted by atomic mass is 10.1. The summed E-state index contributed by atoms with van der Waals surface area (Å²) in [5.74, 6) is 0.537. The monoisotopic (exact) mass is 444 g/mol. The Morgan fingerprint density at radius 2 is 1.69 bits per heavy atom. The van der Waals surface area contributed by atoms with Gasteiger partial charge in [0, 0.05) is 19.5 Å². The lowest BCUT2D eigenvalue weighted by molar-refractivity contribution is -0.140. The van der Waals surface area contributed by atoms with Crippen LogP contribution in [0.5, 0.6) is 11.5 Å². The van der Waals surface area contributed by atoms with Gasteiger partial charge in [-0.1, -0.05) is 31.5 Å². The molecule has 0 bridgehead atoms. The first-order valence-electron chi connectivity index (χ1n) is 10.9. The molecule has 2 rings (SSSR count). The molecular weight excluding hydrogens is 411 g/mol. The van der Waals surface area contributed by atoms with Gasteiger partial charge in [-0.15, -0.1) is 0 Å². The second kappa shape index (κ2) is 12.7. The highest BCUT2D eigenvalue weighted by Crippen LogP contribution is 2.28. The van der Waals surface area contributed by atoms with Crippen molar-refractivity contribution >= 4 is 11.8 Å². The number of hydrogen-bond acceptors (Lipinski definition) is 4. The van der Waals surface area contributed by atoms with E-state index in [0.29, 0.717) is 24.5 Å². The molecule has 2 aromatic rings. The van der Waals surface area contributed by atoms with Crippen LogP contribution in [0.15, 0.2) is 42.5 Å². The minimum atomic E-state index is -0.644. The summed E-state index contributed by atoms with van der Waals surface area (Å²) < 4.78 is 23.9. The largest absolute Gasteiger partial charge is 0.493 e. The van der Waals surface area contributed by atoms with Crippen LogP contribution < -0.4 is 14.8 Å². The van der Waals surface area contributed by atoms with E-state index in [9.17, 15) is 14.0 Å². The summed E-state index contributed by atoms with van der Waals surface area (Å²) in [6.45, 7) is 4.57. The number of nitrogens with one attached hydrogen (secondary N) is 1. The molecule has 0 saturated heterocycles. The second-order valence-electron chi connectivity index (χ2n) is 7.66. The number of ether oxygens (including phenoxy) is 2. The van der Waals surface area contributed by atoms with Gasteiger partial charge in [-0.25, -0.2) is 4.39 Å². The van der Waals surface area contributed by atoms with Gasteiger partial charge in [0.15, 0.2) is 11.5 Å². The topological polar surface area (TPSA) is 67.9 Å². The minimum absolute atomic E-state index is 0.151. The standard InChI is InChI=1S/C25H33FN2O4/c1-5-6-15-27-25(30)18(2)28(17-20-7-11-21(26)12-8-20)24(29)14-10-19-9-13-22(31-3)23(16-19)32-4/h7-9,11-13,16,18H,5-6,10,14-15,17H2,1-4H3,(H,27,30)/t18-/m0/s1. The molecule has 0 aliphatic carbocycles. The van der Waals surface area contributed by atoms with Gasteiger partial charge < -0.3 is 19.7 Å². The van der Waals surface area contributed by atoms with E-state index in [4.69, 9.17) is 9.47 Å². The predicted molar refractivity (Wildman–Crippen MR) is 122 cm³/mol. The van der Waals surface area contributed by atoms with Crippen LogP contribution in [0.3, 0.4) is 0 Å². The fraction of sp³-hybridized carbons (Fsp3) is 0.440. The zero-order chi connectivity index (χ0) is 23.5. The second-order valence-corrected chi connectivity index (χ2v) is 7.66. The van der Waals surface area contributed by atoms with E-state index >= 15 is 0 Å². The van der Waals surface area contributed by atoms with Gasteiger partial charge in [-0.05, 0) is 55.2 Å². The summed E-state index contributed by atoms with van der Waals surface area (Å²) in [4.78, 5) is 27.3. The van der Waals surface area contributed by atoms with E-state index in [2.05, 4.69) is 5.32 Å². The van der Waals surface area contributed by atoms with Gasteiger partial charge in [0.1, 0.15) is 11.9 Å². The van der Waals surface area contributed by atoms with Crippen LogP contribution in [-0.4, -0.2) is 43.5 Å². The summed E-state index contributed by atoms with van der Waals surface area (Å²) in [6.07, 6.45) is 2.56. The van der Waals surface area contributed by atoms with E-state index in [1.807, 2.05) is 19.1 Å². The molecule has 2 amide bonds. The SMILES string of the molecule is CCCCNC(=O)[C@H](C)N(Cc1ccc(F)cc1)C(=O)CCc1ccc(OC)c(OC)c1. The van der Waals surface area contributed by atoms with Crippen molar-refractivity contribution in [3.8, 4) is 11.5 Å². The van der Waals surface area contributed by atoms with Gasteiger partial charge in [-0.2, -0.15) is 0 Å². The molecule has 0 fully saturated rings. The highest BCUT2D eigenvalue weighted by molar-refractivity contribution is 5.87. The number of unbranched alkanes of at least 4 members (excludes halogenated alkanes) is 1. The first-order valence-corrected chi connectivity index (χ1v) is 10.9. The number of aryl methyl sites for hydroxylation is 1. The summed E-state index contributed by atoms with van der Waals surface area (Å²) in [7, 11) is 3.14. The zero-order valence-electron chi connectivity index (χ0n) is 19.3. The summed E-state index contributed by atoms with van der Waals surface area (Å²) >= 11 is 0. The Kier molecular flexibility index (Phi) is 9.98. The van der Waals surface area contributed by atoms with E-state index in [1.54, 1.807) is 44.2 Å². The van der Waals surface area contributed by atoms with Crippen LogP contribution in [0.25, 0.3) is 0 Å². The van der Waals surface area contributed by atoms with Crippen LogP contribution in [0, 0.1) is 5.82 Å². The maximum absolute atomic E-state index is 13.3. The van der Waals surface area contributed by atoms with Crippen molar-refractivity contribution in [3.63, 3.8) is 0 Å². The molecule has 6 nitrogen and oxygen atoms in total. The van der Waals surface area contributed by atoms with E-state index in [0.717, 1.165) is 24.0 Å². The van der Waals surface area contributed by atoms with E-state index in [-0.39, 0.29) is 30.6 Å². The lowest BCUT2D eigenvalue weighted by Crippen LogP contribution is -2.47. The lowest BCUT2D eigenvalue weighted by Gasteiger charge is -2.29. The molecule has 0 saturated carbocycles. The number of nitrogens with zero attached hydrogens (tertiary/aromatic N) is 1. The molecule has 0 radical (unpaired) electrons. The minimum Gasteiger partial charge on any atom is -0.493 e. The van der Waals surface area contributed by atoms with Crippen molar-refractivity contribution in [1.82, 2.24) is 10.2 Å². The Labute approximate surface area is 189 Å². The molecule has 32 heavy (non-hydrogen) atoms. The van der Waals surface area contributed by atoms with Crippen LogP contribution >= 0.6 is 0 Å². The first kappa shape index (κ1) is 25.2. The molecule has 0 heterocycles. The number of hydrogen-bond donors (Lipinski definition) is 1. The number of halogens is 1. The number of methoxy groups -OCH3 is 2. The smallest absolute Gasteiger partial charge is 0.242 e. The molecule has 1 N–H and O–H groups in total. The Morgan fingerprint density at radius 1 is 1.03 bits per heavy atom. The Hall–Kier alpha value is -3.09. The van der Waals surface area contributed by atoms with Crippen molar-refractivity contribution in [2.24, 2.45) is 0 Å². The van der Waals surface area contributed by atoms with Crippen molar-refractivity contribution in [2.75, 3.05) is 20.8 Å². The van der Waals surface area contributed by atoms with Crippen molar-refractivity contribution in [2.45, 2.75) is 52.1 Å². The number of amides is 2. The first-order chi connectivity index (χ1) is 15.4. The number of rotatable bonds is 12. The predicted octanol–water partition coefficient (Wildman–Crippen LogP) is 4.11. The van der Waals surface area contributed by atoms with Crippen molar-refractivity contribution < 1.29 is 23.5 Å². The van der Waals surface area contributed by atoms with E-state index < -0.39 is 6.04 Å². The van der Waals surface area contributed by atoms with Crippen molar-refractivity contribution in [3.05, 3.63) is 59.4 Å². The maximum Gasteiger partial charge on any atom is 0.242 e. The summed E-state index contributed by atoms with van der Waals surface area (Å²) in [5, 5.41) is 2.89. The maximum atomic E-state index is 13.3. The van der Waals surface area contributed by atoms with Gasteiger partial charge in [0.2, 0.25) is 11.8 Å². The van der Waals surface area contributed by atoms with Crippen LogP contribution in [0.1, 0.15) is 44.2 Å². The third kappa shape index (κ3) is 7.25. The fourth-order valence-corrected chi connectivity index (χ4v) is 3.34. The number of carbonyl (C=O) groups excluding carboxylic acids is 2. The number of carbonyl (C=O) groups is 2. The van der Waals surface area contributed by atoms with Crippen molar-refractivity contribution in [1.29, 1.82) is 0 Å². The molecular formula is C25H33FN2O4. The third-order valence-electron chi connectivity index (χ3n) is 5.34. The summed E-state index contributed by atoms with van der Waals surface area (Å²) in [6, 6.07) is 10.9. The molecule has 0 spiro atoms. The Balaban J connectivity index is 2.13. The highest BCUT2D eigenvalue weighted by Gasteiger charge is 2.25. The molecule has 174 valence electrons. The summed E-state index contributed by atoms with van der Waals surface area (Å²) in [5.41, 5.74) is 1.69. The Morgan fingerprint density at radius 3 is 2.31 bits per heavy atom. The van der Waals surface area contributed by atoms with Gasteiger partial charge in [0.25, 0.3) is 0 Å².